The zero-order valence-electron chi connectivity index (χ0n) is 17.3. The van der Waals surface area contributed by atoms with E-state index in [1.165, 1.54) is 0 Å². The summed E-state index contributed by atoms with van der Waals surface area (Å²) < 4.78 is 5.61. The van der Waals surface area contributed by atoms with Crippen molar-refractivity contribution in [3.63, 3.8) is 0 Å². The van der Waals surface area contributed by atoms with Gasteiger partial charge in [-0.05, 0) is 55.8 Å². The van der Waals surface area contributed by atoms with Gasteiger partial charge in [0.25, 0.3) is 11.8 Å². The molecule has 154 valence electrons. The van der Waals surface area contributed by atoms with Gasteiger partial charge in [0.15, 0.2) is 0 Å². The van der Waals surface area contributed by atoms with Crippen LogP contribution in [0.25, 0.3) is 0 Å². The van der Waals surface area contributed by atoms with Crippen molar-refractivity contribution in [3.8, 4) is 5.75 Å². The van der Waals surface area contributed by atoms with E-state index in [4.69, 9.17) is 4.74 Å². The monoisotopic (exact) mass is 402 g/mol. The van der Waals surface area contributed by atoms with Gasteiger partial charge in [0, 0.05) is 17.8 Å². The minimum absolute atomic E-state index is 0.167. The number of nitrogens with zero attached hydrogens (tertiary/aromatic N) is 1. The Morgan fingerprint density at radius 3 is 2.37 bits per heavy atom. The number of anilines is 2. The number of benzene rings is 3. The van der Waals surface area contributed by atoms with Crippen molar-refractivity contribution < 1.29 is 14.3 Å². The van der Waals surface area contributed by atoms with Gasteiger partial charge in [-0.15, -0.1) is 0 Å². The summed E-state index contributed by atoms with van der Waals surface area (Å²) in [6.07, 6.45) is 0.890. The molecule has 3 aromatic rings. The van der Waals surface area contributed by atoms with Crippen molar-refractivity contribution in [3.05, 3.63) is 90.0 Å². The Kier molecular flexibility index (Phi) is 7.22. The molecule has 5 nitrogen and oxygen atoms in total. The van der Waals surface area contributed by atoms with Gasteiger partial charge < -0.3 is 15.0 Å². The van der Waals surface area contributed by atoms with Crippen molar-refractivity contribution >= 4 is 23.2 Å². The van der Waals surface area contributed by atoms with Gasteiger partial charge in [0.05, 0.1) is 17.9 Å². The Hall–Kier alpha value is -3.60. The number of rotatable bonds is 8. The van der Waals surface area contributed by atoms with Crippen LogP contribution in [0, 0.1) is 0 Å². The van der Waals surface area contributed by atoms with E-state index in [0.717, 1.165) is 12.1 Å². The maximum absolute atomic E-state index is 13.2. The predicted octanol–water partition coefficient (Wildman–Crippen LogP) is 5.39. The van der Waals surface area contributed by atoms with E-state index in [0.29, 0.717) is 35.7 Å². The third-order valence-corrected chi connectivity index (χ3v) is 4.60. The van der Waals surface area contributed by atoms with E-state index in [1.54, 1.807) is 47.4 Å². The van der Waals surface area contributed by atoms with Crippen LogP contribution in [-0.4, -0.2) is 25.0 Å². The number of amides is 2. The molecule has 30 heavy (non-hydrogen) atoms. The van der Waals surface area contributed by atoms with Crippen LogP contribution in [0.4, 0.5) is 11.4 Å². The first kappa shape index (κ1) is 21.1. The van der Waals surface area contributed by atoms with Gasteiger partial charge in [-0.2, -0.15) is 0 Å². The molecule has 0 saturated heterocycles. The fourth-order valence-electron chi connectivity index (χ4n) is 3.12. The molecule has 3 aromatic carbocycles. The lowest BCUT2D eigenvalue weighted by Gasteiger charge is -2.22. The van der Waals surface area contributed by atoms with Gasteiger partial charge in [-0.3, -0.25) is 9.59 Å². The molecule has 0 aromatic heterocycles. The van der Waals surface area contributed by atoms with Crippen molar-refractivity contribution in [1.82, 2.24) is 0 Å². The van der Waals surface area contributed by atoms with Crippen LogP contribution in [-0.2, 0) is 0 Å². The zero-order valence-corrected chi connectivity index (χ0v) is 17.3. The van der Waals surface area contributed by atoms with Gasteiger partial charge in [-0.1, -0.05) is 43.3 Å². The second-order valence-electron chi connectivity index (χ2n) is 6.76. The summed E-state index contributed by atoms with van der Waals surface area (Å²) in [6.45, 7) is 5.06. The lowest BCUT2D eigenvalue weighted by Crippen LogP contribution is -2.31. The second kappa shape index (κ2) is 10.3. The third kappa shape index (κ3) is 5.06. The maximum Gasteiger partial charge on any atom is 0.260 e. The summed E-state index contributed by atoms with van der Waals surface area (Å²) in [5.74, 6) is 0.190. The van der Waals surface area contributed by atoms with Crippen LogP contribution < -0.4 is 15.0 Å². The molecule has 0 aliphatic carbocycles. The lowest BCUT2D eigenvalue weighted by molar-refractivity contribution is 0.0989. The largest absolute Gasteiger partial charge is 0.494 e. The maximum atomic E-state index is 13.2. The number of carbonyl (C=O) groups excluding carboxylic acids is 2. The second-order valence-corrected chi connectivity index (χ2v) is 6.76. The Balaban J connectivity index is 1.83. The summed E-state index contributed by atoms with van der Waals surface area (Å²) in [5, 5.41) is 2.88. The van der Waals surface area contributed by atoms with E-state index >= 15 is 0 Å². The molecule has 0 bridgehead atoms. The van der Waals surface area contributed by atoms with Gasteiger partial charge in [0.1, 0.15) is 5.75 Å². The molecule has 2 amide bonds. The standard InChI is InChI=1S/C25H26N2O3/c1-3-17-30-21-14-10-11-19(18-21)24(28)26-23-16-9-8-15-22(23)25(29)27(4-2)20-12-6-5-7-13-20/h5-16,18H,3-4,17H2,1-2H3,(H,26,28). The molecular formula is C25H26N2O3. The van der Waals surface area contributed by atoms with Crippen LogP contribution in [0.2, 0.25) is 0 Å². The molecule has 0 heterocycles. The van der Waals surface area contributed by atoms with Crippen LogP contribution in [0.5, 0.6) is 5.75 Å². The molecule has 0 radical (unpaired) electrons. The summed E-state index contributed by atoms with van der Waals surface area (Å²) in [7, 11) is 0. The minimum atomic E-state index is -0.292. The summed E-state index contributed by atoms with van der Waals surface area (Å²) in [6, 6.07) is 23.6. The number of nitrogens with one attached hydrogen (secondary N) is 1. The number of carbonyl (C=O) groups is 2. The number of hydrogen-bond acceptors (Lipinski definition) is 3. The average molecular weight is 402 g/mol. The fraction of sp³-hybridized carbons (Fsp3) is 0.200. The van der Waals surface area contributed by atoms with Crippen molar-refractivity contribution in [2.24, 2.45) is 0 Å². The van der Waals surface area contributed by atoms with Gasteiger partial charge in [-0.25, -0.2) is 0 Å². The van der Waals surface area contributed by atoms with E-state index in [1.807, 2.05) is 50.2 Å². The molecule has 0 saturated carbocycles. The highest BCUT2D eigenvalue weighted by Crippen LogP contribution is 2.23. The highest BCUT2D eigenvalue weighted by Gasteiger charge is 2.20. The van der Waals surface area contributed by atoms with Crippen molar-refractivity contribution in [2.45, 2.75) is 20.3 Å². The molecule has 1 N–H and O–H groups in total. The number of hydrogen-bond donors (Lipinski definition) is 1. The molecule has 0 aliphatic rings. The fourth-order valence-corrected chi connectivity index (χ4v) is 3.12. The molecule has 3 rings (SSSR count). The van der Waals surface area contributed by atoms with Crippen molar-refractivity contribution in [2.75, 3.05) is 23.4 Å². The minimum Gasteiger partial charge on any atom is -0.494 e. The van der Waals surface area contributed by atoms with E-state index in [2.05, 4.69) is 5.32 Å². The highest BCUT2D eigenvalue weighted by atomic mass is 16.5. The lowest BCUT2D eigenvalue weighted by atomic mass is 10.1. The quantitative estimate of drug-likeness (QED) is 0.549. The summed E-state index contributed by atoms with van der Waals surface area (Å²) in [5.41, 5.74) is 2.20. The van der Waals surface area contributed by atoms with E-state index in [-0.39, 0.29) is 11.8 Å². The van der Waals surface area contributed by atoms with Crippen LogP contribution >= 0.6 is 0 Å². The first-order valence-electron chi connectivity index (χ1n) is 10.1. The molecule has 5 heteroatoms. The van der Waals surface area contributed by atoms with Gasteiger partial charge >= 0.3 is 0 Å². The van der Waals surface area contributed by atoms with Gasteiger partial charge in [0.2, 0.25) is 0 Å². The Morgan fingerprint density at radius 1 is 0.900 bits per heavy atom. The van der Waals surface area contributed by atoms with E-state index < -0.39 is 0 Å². The highest BCUT2D eigenvalue weighted by molar-refractivity contribution is 6.13. The van der Waals surface area contributed by atoms with Crippen LogP contribution in [0.3, 0.4) is 0 Å². The first-order chi connectivity index (χ1) is 14.6. The Labute approximate surface area is 177 Å². The summed E-state index contributed by atoms with van der Waals surface area (Å²) in [4.78, 5) is 27.8. The Bertz CT molecular complexity index is 1000. The SMILES string of the molecule is CCCOc1cccc(C(=O)Nc2ccccc2C(=O)N(CC)c2ccccc2)c1. The summed E-state index contributed by atoms with van der Waals surface area (Å²) >= 11 is 0. The smallest absolute Gasteiger partial charge is 0.260 e. The molecule has 0 unspecified atom stereocenters. The molecule has 0 spiro atoms. The Morgan fingerprint density at radius 2 is 1.63 bits per heavy atom. The number of para-hydroxylation sites is 2. The number of ether oxygens (including phenoxy) is 1. The predicted molar refractivity (Wildman–Crippen MR) is 120 cm³/mol. The molecule has 0 fully saturated rings. The topological polar surface area (TPSA) is 58.6 Å². The van der Waals surface area contributed by atoms with Crippen molar-refractivity contribution in [1.29, 1.82) is 0 Å². The molecule has 0 atom stereocenters. The molecular weight excluding hydrogens is 376 g/mol. The van der Waals surface area contributed by atoms with Crippen LogP contribution in [0.1, 0.15) is 41.0 Å². The van der Waals surface area contributed by atoms with Crippen LogP contribution in [0.15, 0.2) is 78.9 Å². The average Bonchev–Trinajstić information content (AvgIpc) is 2.79. The van der Waals surface area contributed by atoms with E-state index in [9.17, 15) is 9.59 Å². The zero-order chi connectivity index (χ0) is 21.3. The molecule has 0 aliphatic heterocycles. The normalized spacial score (nSPS) is 10.3. The third-order valence-electron chi connectivity index (χ3n) is 4.60. The first-order valence-corrected chi connectivity index (χ1v) is 10.1.